The third-order valence-electron chi connectivity index (χ3n) is 4.35. The van der Waals surface area contributed by atoms with Gasteiger partial charge in [0.05, 0.1) is 0 Å². The minimum Gasteiger partial charge on any atom is -0.459 e. The smallest absolute Gasteiger partial charge is 0.330 e. The summed E-state index contributed by atoms with van der Waals surface area (Å²) >= 11 is 0. The van der Waals surface area contributed by atoms with Crippen molar-refractivity contribution in [3.63, 3.8) is 0 Å². The summed E-state index contributed by atoms with van der Waals surface area (Å²) in [6.45, 7) is 15.9. The molecule has 0 spiro atoms. The van der Waals surface area contributed by atoms with Gasteiger partial charge in [-0.15, -0.1) is 0 Å². The van der Waals surface area contributed by atoms with Crippen molar-refractivity contribution in [2.75, 3.05) is 6.54 Å². The molecule has 1 aliphatic rings. The van der Waals surface area contributed by atoms with Crippen LogP contribution in [0.5, 0.6) is 0 Å². The van der Waals surface area contributed by atoms with Crippen molar-refractivity contribution in [1.29, 1.82) is 0 Å². The van der Waals surface area contributed by atoms with Gasteiger partial charge in [-0.05, 0) is 40.7 Å². The normalized spacial score (nSPS) is 22.4. The van der Waals surface area contributed by atoms with Crippen molar-refractivity contribution < 1.29 is 9.53 Å². The lowest BCUT2D eigenvalue weighted by molar-refractivity contribution is -0.154. The van der Waals surface area contributed by atoms with Gasteiger partial charge in [0.15, 0.2) is 0 Å². The van der Waals surface area contributed by atoms with Gasteiger partial charge >= 0.3 is 5.97 Å². The second-order valence-corrected chi connectivity index (χ2v) is 7.15. The molecule has 0 bridgehead atoms. The maximum atomic E-state index is 11.4. The first-order chi connectivity index (χ1) is 9.23. The van der Waals surface area contributed by atoms with E-state index in [1.165, 1.54) is 25.3 Å². The fourth-order valence-electron chi connectivity index (χ4n) is 3.65. The number of ether oxygens (including phenoxy) is 1. The van der Waals surface area contributed by atoms with Gasteiger partial charge in [-0.3, -0.25) is 4.90 Å². The SMILES string of the molecule is C=CC(=O)OC1CC(C)(C)N(CCCCC)C(C)(C)C1. The van der Waals surface area contributed by atoms with E-state index in [-0.39, 0.29) is 23.2 Å². The fraction of sp³-hybridized carbons (Fsp3) is 0.824. The number of unbranched alkanes of at least 4 members (excludes halogenated alkanes) is 2. The Bertz CT molecular complexity index is 329. The molecule has 0 aromatic heterocycles. The maximum Gasteiger partial charge on any atom is 0.330 e. The third-order valence-corrected chi connectivity index (χ3v) is 4.35. The average Bonchev–Trinajstić information content (AvgIpc) is 2.31. The Labute approximate surface area is 124 Å². The van der Waals surface area contributed by atoms with Crippen molar-refractivity contribution in [1.82, 2.24) is 4.90 Å². The molecule has 0 saturated carbocycles. The van der Waals surface area contributed by atoms with Crippen LogP contribution in [-0.2, 0) is 9.53 Å². The lowest BCUT2D eigenvalue weighted by atomic mass is 9.78. The van der Waals surface area contributed by atoms with Gasteiger partial charge in [-0.25, -0.2) is 4.79 Å². The molecule has 0 N–H and O–H groups in total. The second kappa shape index (κ2) is 6.75. The minimum atomic E-state index is -0.305. The number of hydrogen-bond donors (Lipinski definition) is 0. The lowest BCUT2D eigenvalue weighted by Crippen LogP contribution is -2.62. The number of hydrogen-bond acceptors (Lipinski definition) is 3. The minimum absolute atomic E-state index is 0.00655. The Morgan fingerprint density at radius 1 is 1.25 bits per heavy atom. The fourth-order valence-corrected chi connectivity index (χ4v) is 3.65. The molecule has 1 aliphatic heterocycles. The molecular formula is C17H31NO2. The zero-order valence-electron chi connectivity index (χ0n) is 13.9. The van der Waals surface area contributed by atoms with Crippen LogP contribution in [0, 0.1) is 0 Å². The van der Waals surface area contributed by atoms with E-state index in [0.29, 0.717) is 0 Å². The topological polar surface area (TPSA) is 29.5 Å². The van der Waals surface area contributed by atoms with Crippen LogP contribution in [0.15, 0.2) is 12.7 Å². The van der Waals surface area contributed by atoms with E-state index in [1.54, 1.807) is 0 Å². The van der Waals surface area contributed by atoms with E-state index in [2.05, 4.69) is 46.1 Å². The van der Waals surface area contributed by atoms with E-state index in [0.717, 1.165) is 19.4 Å². The molecule has 0 atom stereocenters. The highest BCUT2D eigenvalue weighted by Gasteiger charge is 2.45. The molecule has 0 radical (unpaired) electrons. The summed E-state index contributed by atoms with van der Waals surface area (Å²) in [5.74, 6) is -0.305. The summed E-state index contributed by atoms with van der Waals surface area (Å²) in [6.07, 6.45) is 6.79. The summed E-state index contributed by atoms with van der Waals surface area (Å²) in [7, 11) is 0. The number of esters is 1. The van der Waals surface area contributed by atoms with Crippen molar-refractivity contribution >= 4 is 5.97 Å². The van der Waals surface area contributed by atoms with Gasteiger partial charge in [-0.2, -0.15) is 0 Å². The standard InChI is InChI=1S/C17H31NO2/c1-7-9-10-11-18-16(3,4)12-14(13-17(18,5)6)20-15(19)8-2/h8,14H,2,7,9-13H2,1,3-6H3. The van der Waals surface area contributed by atoms with Crippen molar-refractivity contribution in [3.8, 4) is 0 Å². The number of carbonyl (C=O) groups excluding carboxylic acids is 1. The molecular weight excluding hydrogens is 250 g/mol. The zero-order valence-corrected chi connectivity index (χ0v) is 13.9. The highest BCUT2D eigenvalue weighted by molar-refractivity contribution is 5.81. The van der Waals surface area contributed by atoms with Crippen LogP contribution in [-0.4, -0.2) is 34.6 Å². The molecule has 1 saturated heterocycles. The van der Waals surface area contributed by atoms with Gasteiger partial charge in [0.1, 0.15) is 6.10 Å². The molecule has 3 heteroatoms. The Hall–Kier alpha value is -0.830. The van der Waals surface area contributed by atoms with Gasteiger partial charge < -0.3 is 4.74 Å². The van der Waals surface area contributed by atoms with Gasteiger partial charge in [0.2, 0.25) is 0 Å². The lowest BCUT2D eigenvalue weighted by Gasteiger charge is -2.55. The number of nitrogens with zero attached hydrogens (tertiary/aromatic N) is 1. The van der Waals surface area contributed by atoms with Crippen LogP contribution in [0.1, 0.15) is 66.7 Å². The molecule has 0 unspecified atom stereocenters. The summed E-state index contributed by atoms with van der Waals surface area (Å²) in [5, 5.41) is 0. The molecule has 3 nitrogen and oxygen atoms in total. The molecule has 1 heterocycles. The predicted molar refractivity (Wildman–Crippen MR) is 83.7 cm³/mol. The van der Waals surface area contributed by atoms with Gasteiger partial charge in [0.25, 0.3) is 0 Å². The van der Waals surface area contributed by atoms with Gasteiger partial charge in [0, 0.05) is 30.0 Å². The third kappa shape index (κ3) is 4.34. The first-order valence-corrected chi connectivity index (χ1v) is 7.84. The van der Waals surface area contributed by atoms with Crippen LogP contribution in [0.25, 0.3) is 0 Å². The first-order valence-electron chi connectivity index (χ1n) is 7.84. The van der Waals surface area contributed by atoms with E-state index >= 15 is 0 Å². The molecule has 116 valence electrons. The molecule has 0 aromatic rings. The van der Waals surface area contributed by atoms with Crippen LogP contribution in [0.4, 0.5) is 0 Å². The average molecular weight is 281 g/mol. The first kappa shape index (κ1) is 17.2. The highest BCUT2D eigenvalue weighted by atomic mass is 16.5. The van der Waals surface area contributed by atoms with Crippen LogP contribution < -0.4 is 0 Å². The summed E-state index contributed by atoms with van der Waals surface area (Å²) < 4.78 is 5.50. The van der Waals surface area contributed by atoms with Crippen molar-refractivity contribution in [2.24, 2.45) is 0 Å². The Balaban J connectivity index is 2.75. The molecule has 0 aliphatic carbocycles. The molecule has 1 rings (SSSR count). The van der Waals surface area contributed by atoms with E-state index in [4.69, 9.17) is 4.74 Å². The zero-order chi connectivity index (χ0) is 15.4. The maximum absolute atomic E-state index is 11.4. The Morgan fingerprint density at radius 2 is 1.80 bits per heavy atom. The van der Waals surface area contributed by atoms with Crippen molar-refractivity contribution in [2.45, 2.75) is 83.9 Å². The molecule has 0 aromatic carbocycles. The van der Waals surface area contributed by atoms with Gasteiger partial charge in [-0.1, -0.05) is 26.3 Å². The Morgan fingerprint density at radius 3 is 2.25 bits per heavy atom. The van der Waals surface area contributed by atoms with E-state index in [1.807, 2.05) is 0 Å². The Kier molecular flexibility index (Phi) is 5.81. The number of likely N-dealkylation sites (tertiary alicyclic amines) is 1. The van der Waals surface area contributed by atoms with E-state index < -0.39 is 0 Å². The number of rotatable bonds is 6. The quantitative estimate of drug-likeness (QED) is 0.420. The van der Waals surface area contributed by atoms with Crippen molar-refractivity contribution in [3.05, 3.63) is 12.7 Å². The van der Waals surface area contributed by atoms with Crippen LogP contribution in [0.3, 0.4) is 0 Å². The second-order valence-electron chi connectivity index (χ2n) is 7.15. The number of piperidine rings is 1. The molecule has 0 amide bonds. The monoisotopic (exact) mass is 281 g/mol. The highest BCUT2D eigenvalue weighted by Crippen LogP contribution is 2.39. The van der Waals surface area contributed by atoms with Crippen LogP contribution in [0.2, 0.25) is 0 Å². The van der Waals surface area contributed by atoms with Crippen LogP contribution >= 0.6 is 0 Å². The predicted octanol–water partition coefficient (Wildman–Crippen LogP) is 3.93. The summed E-state index contributed by atoms with van der Waals surface area (Å²) in [6, 6.07) is 0. The molecule has 20 heavy (non-hydrogen) atoms. The summed E-state index contributed by atoms with van der Waals surface area (Å²) in [4.78, 5) is 14.0. The number of carbonyl (C=O) groups is 1. The largest absolute Gasteiger partial charge is 0.459 e. The molecule has 1 fully saturated rings. The summed E-state index contributed by atoms with van der Waals surface area (Å²) in [5.41, 5.74) is 0.114. The van der Waals surface area contributed by atoms with E-state index in [9.17, 15) is 4.79 Å².